The summed E-state index contributed by atoms with van der Waals surface area (Å²) in [4.78, 5) is 8.41. The van der Waals surface area contributed by atoms with E-state index >= 15 is 0 Å². The van der Waals surface area contributed by atoms with E-state index in [1.165, 1.54) is 0 Å². The van der Waals surface area contributed by atoms with Crippen LogP contribution in [0.2, 0.25) is 0 Å². The van der Waals surface area contributed by atoms with Crippen molar-refractivity contribution in [1.29, 1.82) is 0 Å². The van der Waals surface area contributed by atoms with Gasteiger partial charge in [0.15, 0.2) is 0 Å². The predicted molar refractivity (Wildman–Crippen MR) is 101 cm³/mol. The van der Waals surface area contributed by atoms with Crippen molar-refractivity contribution in [2.45, 2.75) is 6.04 Å². The molecule has 0 aliphatic carbocycles. The van der Waals surface area contributed by atoms with Crippen molar-refractivity contribution in [1.82, 2.24) is 9.97 Å². The minimum Gasteiger partial charge on any atom is -0.508 e. The van der Waals surface area contributed by atoms with Gasteiger partial charge in [-0.3, -0.25) is 9.97 Å². The quantitative estimate of drug-likeness (QED) is 0.516. The van der Waals surface area contributed by atoms with Crippen molar-refractivity contribution < 1.29 is 10.2 Å². The summed E-state index contributed by atoms with van der Waals surface area (Å²) in [7, 11) is 0. The lowest BCUT2D eigenvalue weighted by Gasteiger charge is -2.23. The number of aromatic nitrogens is 2. The average Bonchev–Trinajstić information content (AvgIpc) is 2.68. The maximum Gasteiger partial charge on any atom is 0.147 e. The molecule has 3 N–H and O–H groups in total. The molecule has 128 valence electrons. The number of phenolic OH excluding ortho intramolecular Hbond substituents is 2. The monoisotopic (exact) mass is 343 g/mol. The summed E-state index contributed by atoms with van der Waals surface area (Å²) in [6.45, 7) is 0. The second-order valence-corrected chi connectivity index (χ2v) is 5.96. The number of aromatic hydroxyl groups is 2. The highest BCUT2D eigenvalue weighted by molar-refractivity contribution is 5.86. The van der Waals surface area contributed by atoms with Gasteiger partial charge in [0.1, 0.15) is 17.0 Å². The van der Waals surface area contributed by atoms with Crippen LogP contribution in [0.4, 0.5) is 5.69 Å². The summed E-state index contributed by atoms with van der Waals surface area (Å²) in [5, 5.41) is 25.4. The molecule has 5 nitrogen and oxygen atoms in total. The van der Waals surface area contributed by atoms with E-state index in [1.807, 2.05) is 48.5 Å². The Morgan fingerprint density at radius 3 is 2.46 bits per heavy atom. The maximum absolute atomic E-state index is 10.9. The van der Waals surface area contributed by atoms with E-state index in [2.05, 4.69) is 15.3 Å². The molecule has 2 aromatic heterocycles. The Kier molecular flexibility index (Phi) is 4.11. The Balaban J connectivity index is 1.88. The zero-order chi connectivity index (χ0) is 17.9. The normalized spacial score (nSPS) is 12.0. The molecule has 0 amide bonds. The first kappa shape index (κ1) is 15.9. The highest BCUT2D eigenvalue weighted by Gasteiger charge is 2.22. The molecule has 2 heterocycles. The van der Waals surface area contributed by atoms with Crippen LogP contribution in [0.3, 0.4) is 0 Å². The SMILES string of the molecule is Oc1ccccc1C(Nc1cccnc1)c1ccc2cccnc2c1O. The Bertz CT molecular complexity index is 1050. The van der Waals surface area contributed by atoms with Gasteiger partial charge in [-0.25, -0.2) is 0 Å². The van der Waals surface area contributed by atoms with E-state index in [-0.39, 0.29) is 11.5 Å². The second-order valence-electron chi connectivity index (χ2n) is 5.96. The first-order valence-electron chi connectivity index (χ1n) is 8.25. The number of nitrogens with one attached hydrogen (secondary N) is 1. The first-order valence-corrected chi connectivity index (χ1v) is 8.25. The fourth-order valence-electron chi connectivity index (χ4n) is 3.05. The van der Waals surface area contributed by atoms with E-state index in [4.69, 9.17) is 0 Å². The number of benzene rings is 2. The lowest BCUT2D eigenvalue weighted by atomic mass is 9.95. The zero-order valence-corrected chi connectivity index (χ0v) is 13.9. The Hall–Kier alpha value is -3.60. The minimum absolute atomic E-state index is 0.0905. The molecule has 2 aromatic carbocycles. The zero-order valence-electron chi connectivity index (χ0n) is 13.9. The Morgan fingerprint density at radius 2 is 1.65 bits per heavy atom. The minimum atomic E-state index is -0.466. The van der Waals surface area contributed by atoms with Crippen LogP contribution in [-0.2, 0) is 0 Å². The molecule has 0 saturated carbocycles. The van der Waals surface area contributed by atoms with Gasteiger partial charge in [0.25, 0.3) is 0 Å². The molecule has 0 aliphatic rings. The van der Waals surface area contributed by atoms with Gasteiger partial charge in [-0.15, -0.1) is 0 Å². The van der Waals surface area contributed by atoms with Crippen molar-refractivity contribution in [3.63, 3.8) is 0 Å². The molecular weight excluding hydrogens is 326 g/mol. The molecule has 0 spiro atoms. The third kappa shape index (κ3) is 2.91. The standard InChI is InChI=1S/C21H17N3O2/c25-18-8-2-1-7-16(18)20(24-15-6-4-11-22-13-15)17-10-9-14-5-3-12-23-19(14)21(17)26/h1-13,20,24-26H. The number of fused-ring (bicyclic) bond motifs is 1. The summed E-state index contributed by atoms with van der Waals surface area (Å²) in [6.07, 6.45) is 5.04. The number of rotatable bonds is 4. The molecule has 0 fully saturated rings. The van der Waals surface area contributed by atoms with E-state index in [9.17, 15) is 10.2 Å². The number of para-hydroxylation sites is 1. The molecule has 4 rings (SSSR count). The molecule has 5 heteroatoms. The van der Waals surface area contributed by atoms with E-state index in [0.29, 0.717) is 16.6 Å². The van der Waals surface area contributed by atoms with Gasteiger partial charge >= 0.3 is 0 Å². The van der Waals surface area contributed by atoms with Crippen LogP contribution in [0.1, 0.15) is 17.2 Å². The van der Waals surface area contributed by atoms with Crippen molar-refractivity contribution in [2.75, 3.05) is 5.32 Å². The summed E-state index contributed by atoms with van der Waals surface area (Å²) >= 11 is 0. The van der Waals surface area contributed by atoms with Crippen LogP contribution in [0.5, 0.6) is 11.5 Å². The molecule has 26 heavy (non-hydrogen) atoms. The van der Waals surface area contributed by atoms with Crippen LogP contribution in [-0.4, -0.2) is 20.2 Å². The van der Waals surface area contributed by atoms with Gasteiger partial charge in [0.2, 0.25) is 0 Å². The van der Waals surface area contributed by atoms with Crippen molar-refractivity contribution >= 4 is 16.6 Å². The van der Waals surface area contributed by atoms with E-state index < -0.39 is 6.04 Å². The highest BCUT2D eigenvalue weighted by atomic mass is 16.3. The Morgan fingerprint density at radius 1 is 0.808 bits per heavy atom. The van der Waals surface area contributed by atoms with Crippen LogP contribution >= 0.6 is 0 Å². The fourth-order valence-corrected chi connectivity index (χ4v) is 3.05. The average molecular weight is 343 g/mol. The van der Waals surface area contributed by atoms with Gasteiger partial charge < -0.3 is 15.5 Å². The molecular formula is C21H17N3O2. The van der Waals surface area contributed by atoms with E-state index in [1.54, 1.807) is 30.7 Å². The second kappa shape index (κ2) is 6.72. The molecule has 1 unspecified atom stereocenters. The summed E-state index contributed by atoms with van der Waals surface area (Å²) < 4.78 is 0. The van der Waals surface area contributed by atoms with Gasteiger partial charge in [0.05, 0.1) is 11.7 Å². The summed E-state index contributed by atoms with van der Waals surface area (Å²) in [5.41, 5.74) is 2.59. The van der Waals surface area contributed by atoms with Gasteiger partial charge in [-0.1, -0.05) is 36.4 Å². The number of pyridine rings is 2. The fraction of sp³-hybridized carbons (Fsp3) is 0.0476. The number of nitrogens with zero attached hydrogens (tertiary/aromatic N) is 2. The largest absolute Gasteiger partial charge is 0.508 e. The maximum atomic E-state index is 10.9. The van der Waals surface area contributed by atoms with Gasteiger partial charge in [0, 0.05) is 35.1 Å². The molecule has 4 aromatic rings. The summed E-state index contributed by atoms with van der Waals surface area (Å²) in [6, 6.07) is 17.8. The van der Waals surface area contributed by atoms with Gasteiger partial charge in [-0.2, -0.15) is 0 Å². The topological polar surface area (TPSA) is 78.3 Å². The van der Waals surface area contributed by atoms with Crippen molar-refractivity contribution in [3.8, 4) is 11.5 Å². The third-order valence-electron chi connectivity index (χ3n) is 4.31. The van der Waals surface area contributed by atoms with Crippen molar-refractivity contribution in [3.05, 3.63) is 90.4 Å². The van der Waals surface area contributed by atoms with Crippen LogP contribution in [0.25, 0.3) is 10.9 Å². The van der Waals surface area contributed by atoms with E-state index in [0.717, 1.165) is 11.1 Å². The molecule has 0 bridgehead atoms. The Labute approximate surface area is 150 Å². The lowest BCUT2D eigenvalue weighted by molar-refractivity contribution is 0.460. The molecule has 1 atom stereocenters. The number of hydrogen-bond donors (Lipinski definition) is 3. The third-order valence-corrected chi connectivity index (χ3v) is 4.31. The lowest BCUT2D eigenvalue weighted by Crippen LogP contribution is -2.13. The smallest absolute Gasteiger partial charge is 0.147 e. The number of anilines is 1. The van der Waals surface area contributed by atoms with Gasteiger partial charge in [-0.05, 0) is 24.3 Å². The molecule has 0 radical (unpaired) electrons. The van der Waals surface area contributed by atoms with Crippen molar-refractivity contribution in [2.24, 2.45) is 0 Å². The predicted octanol–water partition coefficient (Wildman–Crippen LogP) is 4.24. The van der Waals surface area contributed by atoms with Crippen LogP contribution < -0.4 is 5.32 Å². The van der Waals surface area contributed by atoms with Crippen LogP contribution in [0, 0.1) is 0 Å². The number of hydrogen-bond acceptors (Lipinski definition) is 5. The molecule has 0 saturated heterocycles. The first-order chi connectivity index (χ1) is 12.7. The number of phenols is 2. The molecule has 0 aliphatic heterocycles. The summed E-state index contributed by atoms with van der Waals surface area (Å²) in [5.74, 6) is 0.238. The highest BCUT2D eigenvalue weighted by Crippen LogP contribution is 2.38. The van der Waals surface area contributed by atoms with Crippen LogP contribution in [0.15, 0.2) is 79.3 Å².